The van der Waals surface area contributed by atoms with Crippen LogP contribution in [0, 0.1) is 0 Å². The van der Waals surface area contributed by atoms with E-state index in [1.807, 2.05) is 11.6 Å². The van der Waals surface area contributed by atoms with Gasteiger partial charge in [0.1, 0.15) is 0 Å². The maximum Gasteiger partial charge on any atom is 0.303 e. The van der Waals surface area contributed by atoms with Crippen LogP contribution in [0.2, 0.25) is 0 Å². The normalized spacial score (nSPS) is 18.8. The van der Waals surface area contributed by atoms with E-state index in [-0.39, 0.29) is 6.42 Å². The van der Waals surface area contributed by atoms with E-state index in [1.165, 1.54) is 0 Å². The first-order valence-corrected chi connectivity index (χ1v) is 7.15. The van der Waals surface area contributed by atoms with Crippen molar-refractivity contribution in [3.05, 3.63) is 11.6 Å². The predicted octanol–water partition coefficient (Wildman–Crippen LogP) is 1.52. The molecule has 2 rings (SSSR count). The Kier molecular flexibility index (Phi) is 4.54. The lowest BCUT2D eigenvalue weighted by Gasteiger charge is -2.37. The van der Waals surface area contributed by atoms with Crippen LogP contribution in [0.15, 0.2) is 11.6 Å². The minimum absolute atomic E-state index is 0.258. The summed E-state index contributed by atoms with van der Waals surface area (Å²) >= 11 is 1.67. The first kappa shape index (κ1) is 13.3. The summed E-state index contributed by atoms with van der Waals surface area (Å²) in [6.07, 6.45) is 2.82. The second-order valence-corrected chi connectivity index (χ2v) is 5.49. The summed E-state index contributed by atoms with van der Waals surface area (Å²) in [7, 11) is 0. The van der Waals surface area contributed by atoms with Crippen LogP contribution >= 0.6 is 11.3 Å². The molecular formula is C12H19N3O2S. The second kappa shape index (κ2) is 6.15. The summed E-state index contributed by atoms with van der Waals surface area (Å²) in [5.41, 5.74) is 0. The maximum absolute atomic E-state index is 10.6. The van der Waals surface area contributed by atoms with Gasteiger partial charge in [-0.2, -0.15) is 0 Å². The van der Waals surface area contributed by atoms with E-state index < -0.39 is 5.97 Å². The van der Waals surface area contributed by atoms with Gasteiger partial charge in [0, 0.05) is 50.2 Å². The van der Waals surface area contributed by atoms with Gasteiger partial charge in [-0.25, -0.2) is 4.98 Å². The van der Waals surface area contributed by atoms with Crippen LogP contribution in [0.5, 0.6) is 0 Å². The van der Waals surface area contributed by atoms with E-state index in [0.717, 1.165) is 37.7 Å². The predicted molar refractivity (Wildman–Crippen MR) is 72.2 cm³/mol. The molecule has 1 fully saturated rings. The van der Waals surface area contributed by atoms with Crippen LogP contribution < -0.4 is 4.90 Å². The number of carbonyl (C=O) groups is 1. The van der Waals surface area contributed by atoms with Gasteiger partial charge < -0.3 is 10.0 Å². The number of hydrogen-bond donors (Lipinski definition) is 1. The van der Waals surface area contributed by atoms with Gasteiger partial charge in [-0.3, -0.25) is 9.69 Å². The zero-order chi connectivity index (χ0) is 13.0. The lowest BCUT2D eigenvalue weighted by molar-refractivity contribution is -0.137. The molecule has 1 aromatic heterocycles. The topological polar surface area (TPSA) is 56.7 Å². The van der Waals surface area contributed by atoms with Crippen molar-refractivity contribution in [1.82, 2.24) is 9.88 Å². The van der Waals surface area contributed by atoms with Crippen molar-refractivity contribution in [3.8, 4) is 0 Å². The molecule has 1 aromatic rings. The van der Waals surface area contributed by atoms with Crippen molar-refractivity contribution in [3.63, 3.8) is 0 Å². The highest BCUT2D eigenvalue weighted by Crippen LogP contribution is 2.20. The molecule has 2 heterocycles. The third-order valence-electron chi connectivity index (χ3n) is 3.40. The third kappa shape index (κ3) is 3.43. The van der Waals surface area contributed by atoms with Gasteiger partial charge in [0.15, 0.2) is 5.13 Å². The molecule has 0 radical (unpaired) electrons. The Labute approximate surface area is 111 Å². The number of piperazine rings is 1. The smallest absolute Gasteiger partial charge is 0.303 e. The van der Waals surface area contributed by atoms with E-state index in [2.05, 4.69) is 21.7 Å². The van der Waals surface area contributed by atoms with Crippen molar-refractivity contribution >= 4 is 22.4 Å². The summed E-state index contributed by atoms with van der Waals surface area (Å²) in [6.45, 7) is 6.04. The van der Waals surface area contributed by atoms with Gasteiger partial charge in [0.2, 0.25) is 0 Å². The van der Waals surface area contributed by atoms with Crippen molar-refractivity contribution in [2.24, 2.45) is 0 Å². The number of aliphatic carboxylic acids is 1. The van der Waals surface area contributed by atoms with Crippen LogP contribution in [0.4, 0.5) is 5.13 Å². The number of anilines is 1. The summed E-state index contributed by atoms with van der Waals surface area (Å²) in [6, 6.07) is 0.347. The van der Waals surface area contributed by atoms with Crippen molar-refractivity contribution in [2.45, 2.75) is 25.8 Å². The average Bonchev–Trinajstić information content (AvgIpc) is 2.90. The molecule has 0 bridgehead atoms. The molecular weight excluding hydrogens is 250 g/mol. The first-order valence-electron chi connectivity index (χ1n) is 6.27. The molecule has 1 saturated heterocycles. The number of carboxylic acid groups (broad SMARTS) is 1. The van der Waals surface area contributed by atoms with Crippen LogP contribution in [-0.4, -0.2) is 53.2 Å². The number of rotatable bonds is 5. The number of thiazole rings is 1. The molecule has 0 saturated carbocycles. The fraction of sp³-hybridized carbons (Fsp3) is 0.667. The summed E-state index contributed by atoms with van der Waals surface area (Å²) in [4.78, 5) is 19.5. The minimum Gasteiger partial charge on any atom is -0.481 e. The van der Waals surface area contributed by atoms with Crippen molar-refractivity contribution < 1.29 is 9.90 Å². The molecule has 1 aliphatic rings. The van der Waals surface area contributed by atoms with E-state index >= 15 is 0 Å². The van der Waals surface area contributed by atoms with E-state index in [9.17, 15) is 4.79 Å². The van der Waals surface area contributed by atoms with Gasteiger partial charge in [0.05, 0.1) is 0 Å². The molecule has 1 N–H and O–H groups in total. The molecule has 1 unspecified atom stereocenters. The Morgan fingerprint density at radius 2 is 2.22 bits per heavy atom. The Morgan fingerprint density at radius 3 is 2.78 bits per heavy atom. The summed E-state index contributed by atoms with van der Waals surface area (Å²) < 4.78 is 0. The van der Waals surface area contributed by atoms with Crippen LogP contribution in [0.1, 0.15) is 19.8 Å². The van der Waals surface area contributed by atoms with E-state index in [1.54, 1.807) is 11.3 Å². The van der Waals surface area contributed by atoms with Crippen molar-refractivity contribution in [1.29, 1.82) is 0 Å². The summed E-state index contributed by atoms with van der Waals surface area (Å²) in [5.74, 6) is -0.705. The molecule has 100 valence electrons. The Hall–Kier alpha value is -1.14. The molecule has 0 amide bonds. The molecule has 1 aliphatic heterocycles. The van der Waals surface area contributed by atoms with E-state index in [0.29, 0.717) is 6.04 Å². The highest BCUT2D eigenvalue weighted by atomic mass is 32.1. The molecule has 1 atom stereocenters. The number of aromatic nitrogens is 1. The highest BCUT2D eigenvalue weighted by molar-refractivity contribution is 7.13. The lowest BCUT2D eigenvalue weighted by atomic mass is 10.1. The zero-order valence-corrected chi connectivity index (χ0v) is 11.4. The average molecular weight is 269 g/mol. The highest BCUT2D eigenvalue weighted by Gasteiger charge is 2.22. The Bertz CT molecular complexity index is 375. The number of nitrogens with zero attached hydrogens (tertiary/aromatic N) is 3. The van der Waals surface area contributed by atoms with E-state index in [4.69, 9.17) is 5.11 Å². The Balaban J connectivity index is 1.77. The quantitative estimate of drug-likeness (QED) is 0.878. The van der Waals surface area contributed by atoms with Crippen LogP contribution in [0.25, 0.3) is 0 Å². The van der Waals surface area contributed by atoms with Crippen LogP contribution in [-0.2, 0) is 4.79 Å². The lowest BCUT2D eigenvalue weighted by Crippen LogP contribution is -2.49. The van der Waals surface area contributed by atoms with Gasteiger partial charge in [0.25, 0.3) is 0 Å². The van der Waals surface area contributed by atoms with Gasteiger partial charge >= 0.3 is 5.97 Å². The van der Waals surface area contributed by atoms with Crippen LogP contribution in [0.3, 0.4) is 0 Å². The number of hydrogen-bond acceptors (Lipinski definition) is 5. The SMILES string of the molecule is CC(CCC(=O)O)N1CCN(c2nccs2)CC1. The molecule has 6 heteroatoms. The monoisotopic (exact) mass is 269 g/mol. The summed E-state index contributed by atoms with van der Waals surface area (Å²) in [5, 5.41) is 11.8. The molecule has 0 aliphatic carbocycles. The first-order chi connectivity index (χ1) is 8.66. The molecule has 18 heavy (non-hydrogen) atoms. The van der Waals surface area contributed by atoms with Gasteiger partial charge in [-0.05, 0) is 13.3 Å². The minimum atomic E-state index is -0.705. The number of carboxylic acids is 1. The second-order valence-electron chi connectivity index (χ2n) is 4.62. The fourth-order valence-corrected chi connectivity index (χ4v) is 2.94. The maximum atomic E-state index is 10.6. The van der Waals surface area contributed by atoms with Crippen molar-refractivity contribution in [2.75, 3.05) is 31.1 Å². The standard InChI is InChI=1S/C12H19N3O2S/c1-10(2-3-11(16)17)14-5-7-15(8-6-14)12-13-4-9-18-12/h4,9-10H,2-3,5-8H2,1H3,(H,16,17). The fourth-order valence-electron chi connectivity index (χ4n) is 2.24. The molecule has 5 nitrogen and oxygen atoms in total. The zero-order valence-electron chi connectivity index (χ0n) is 10.6. The van der Waals surface area contributed by atoms with Gasteiger partial charge in [-0.15, -0.1) is 11.3 Å². The van der Waals surface area contributed by atoms with Gasteiger partial charge in [-0.1, -0.05) is 0 Å². The third-order valence-corrected chi connectivity index (χ3v) is 4.24. The Morgan fingerprint density at radius 1 is 1.50 bits per heavy atom. The molecule has 0 aromatic carbocycles. The molecule has 0 spiro atoms. The largest absolute Gasteiger partial charge is 0.481 e.